The standard InChI is InChI=1S/C19H20FN7O2/c1-11(28)26-6-3-12(4-7-26)14-2-5-22-9-15(14)24-19(29)16-17(21)25-27-10-13(20)8-23-18(16)27/h2,5,8-10,12H,3-4,6-7H2,1H3,(H2,21,25)(H,24,29). The van der Waals surface area contributed by atoms with Gasteiger partial charge in [0.05, 0.1) is 24.3 Å². The Hall–Kier alpha value is -3.56. The number of likely N-dealkylation sites (tertiary alicyclic amines) is 1. The van der Waals surface area contributed by atoms with Gasteiger partial charge in [0.25, 0.3) is 5.91 Å². The van der Waals surface area contributed by atoms with Crippen LogP contribution in [-0.4, -0.2) is 49.4 Å². The predicted octanol–water partition coefficient (Wildman–Crippen LogP) is 1.82. The molecule has 1 aliphatic rings. The molecule has 0 unspecified atom stereocenters. The lowest BCUT2D eigenvalue weighted by molar-refractivity contribution is -0.129. The van der Waals surface area contributed by atoms with E-state index in [0.29, 0.717) is 18.8 Å². The molecule has 0 aromatic carbocycles. The Kier molecular flexibility index (Phi) is 4.83. The average Bonchev–Trinajstić information content (AvgIpc) is 3.03. The number of rotatable bonds is 3. The number of hydrogen-bond donors (Lipinski definition) is 2. The number of fused-ring (bicyclic) bond motifs is 1. The second-order valence-corrected chi connectivity index (χ2v) is 7.00. The van der Waals surface area contributed by atoms with Crippen molar-refractivity contribution in [1.29, 1.82) is 0 Å². The topological polar surface area (TPSA) is 119 Å². The minimum atomic E-state index is -0.585. The van der Waals surface area contributed by atoms with Gasteiger partial charge in [0.15, 0.2) is 17.3 Å². The normalized spacial score (nSPS) is 14.9. The summed E-state index contributed by atoms with van der Waals surface area (Å²) in [6.07, 6.45) is 6.97. The maximum atomic E-state index is 13.4. The summed E-state index contributed by atoms with van der Waals surface area (Å²) >= 11 is 0. The van der Waals surface area contributed by atoms with Crippen molar-refractivity contribution < 1.29 is 14.0 Å². The SMILES string of the molecule is CC(=O)N1CCC(c2ccncc2NC(=O)c2c(N)nn3cc(F)cnc23)CC1. The van der Waals surface area contributed by atoms with Crippen molar-refractivity contribution in [3.63, 3.8) is 0 Å². The molecule has 1 fully saturated rings. The summed E-state index contributed by atoms with van der Waals surface area (Å²) in [5.74, 6) is -0.858. The highest BCUT2D eigenvalue weighted by atomic mass is 19.1. The van der Waals surface area contributed by atoms with E-state index in [1.165, 1.54) is 0 Å². The molecule has 4 heterocycles. The Balaban J connectivity index is 1.59. The quantitative estimate of drug-likeness (QED) is 0.696. The Bertz CT molecular complexity index is 1090. The van der Waals surface area contributed by atoms with Crippen LogP contribution in [0.3, 0.4) is 0 Å². The summed E-state index contributed by atoms with van der Waals surface area (Å²) in [4.78, 5) is 34.3. The van der Waals surface area contributed by atoms with Gasteiger partial charge in [-0.15, -0.1) is 5.10 Å². The van der Waals surface area contributed by atoms with Crippen molar-refractivity contribution >= 4 is 29.0 Å². The zero-order chi connectivity index (χ0) is 20.5. The summed E-state index contributed by atoms with van der Waals surface area (Å²) < 4.78 is 14.5. The molecular weight excluding hydrogens is 377 g/mol. The van der Waals surface area contributed by atoms with E-state index in [0.717, 1.165) is 35.3 Å². The first kappa shape index (κ1) is 18.8. The number of carbonyl (C=O) groups is 2. The van der Waals surface area contributed by atoms with Crippen molar-refractivity contribution in [3.8, 4) is 0 Å². The number of halogens is 1. The van der Waals surface area contributed by atoms with Crippen LogP contribution < -0.4 is 11.1 Å². The molecule has 1 aliphatic heterocycles. The highest BCUT2D eigenvalue weighted by molar-refractivity contribution is 6.11. The number of nitrogen functional groups attached to an aromatic ring is 1. The van der Waals surface area contributed by atoms with E-state index < -0.39 is 11.7 Å². The fourth-order valence-corrected chi connectivity index (χ4v) is 3.70. The zero-order valence-corrected chi connectivity index (χ0v) is 15.8. The summed E-state index contributed by atoms with van der Waals surface area (Å²) in [5.41, 5.74) is 7.64. The number of nitrogens with one attached hydrogen (secondary N) is 1. The van der Waals surface area contributed by atoms with E-state index in [9.17, 15) is 14.0 Å². The van der Waals surface area contributed by atoms with Crippen molar-refractivity contribution in [2.24, 2.45) is 0 Å². The van der Waals surface area contributed by atoms with E-state index in [1.807, 2.05) is 11.0 Å². The van der Waals surface area contributed by atoms with E-state index in [-0.39, 0.29) is 28.9 Å². The van der Waals surface area contributed by atoms with E-state index in [2.05, 4.69) is 20.4 Å². The van der Waals surface area contributed by atoms with Gasteiger partial charge in [-0.2, -0.15) is 0 Å². The second kappa shape index (κ2) is 7.46. The van der Waals surface area contributed by atoms with Gasteiger partial charge in [0.1, 0.15) is 5.56 Å². The van der Waals surface area contributed by atoms with E-state index >= 15 is 0 Å². The third kappa shape index (κ3) is 3.60. The number of anilines is 2. The first-order valence-corrected chi connectivity index (χ1v) is 9.24. The third-order valence-electron chi connectivity index (χ3n) is 5.18. The van der Waals surface area contributed by atoms with Crippen molar-refractivity contribution in [3.05, 3.63) is 47.8 Å². The first-order chi connectivity index (χ1) is 13.9. The summed E-state index contributed by atoms with van der Waals surface area (Å²) in [5, 5.41) is 6.79. The van der Waals surface area contributed by atoms with Crippen molar-refractivity contribution in [1.82, 2.24) is 24.5 Å². The second-order valence-electron chi connectivity index (χ2n) is 7.00. The lowest BCUT2D eigenvalue weighted by Gasteiger charge is -2.32. The Labute approximate surface area is 165 Å². The number of nitrogens with two attached hydrogens (primary N) is 1. The van der Waals surface area contributed by atoms with Crippen LogP contribution in [0.2, 0.25) is 0 Å². The molecule has 3 aromatic heterocycles. The van der Waals surface area contributed by atoms with Gasteiger partial charge in [-0.25, -0.2) is 13.9 Å². The molecular formula is C19H20FN7O2. The molecule has 4 rings (SSSR count). The molecule has 29 heavy (non-hydrogen) atoms. The van der Waals surface area contributed by atoms with Crippen LogP contribution in [0.15, 0.2) is 30.9 Å². The number of hydrogen-bond acceptors (Lipinski definition) is 6. The first-order valence-electron chi connectivity index (χ1n) is 9.24. The molecule has 10 heteroatoms. The minimum Gasteiger partial charge on any atom is -0.381 e. The number of carbonyl (C=O) groups excluding carboxylic acids is 2. The van der Waals surface area contributed by atoms with Gasteiger partial charge < -0.3 is 16.0 Å². The van der Waals surface area contributed by atoms with Gasteiger partial charge >= 0.3 is 0 Å². The Morgan fingerprint density at radius 1 is 1.28 bits per heavy atom. The van der Waals surface area contributed by atoms with Crippen molar-refractivity contribution in [2.45, 2.75) is 25.7 Å². The summed E-state index contributed by atoms with van der Waals surface area (Å²) in [6, 6.07) is 1.87. The molecule has 0 radical (unpaired) electrons. The number of piperidine rings is 1. The molecule has 0 saturated carbocycles. The van der Waals surface area contributed by atoms with Gasteiger partial charge in [-0.3, -0.25) is 14.6 Å². The maximum absolute atomic E-state index is 13.4. The van der Waals surface area contributed by atoms with Gasteiger partial charge in [-0.1, -0.05) is 0 Å². The number of aromatic nitrogens is 4. The smallest absolute Gasteiger partial charge is 0.263 e. The van der Waals surface area contributed by atoms with Gasteiger partial charge in [-0.05, 0) is 30.4 Å². The largest absolute Gasteiger partial charge is 0.381 e. The number of nitrogens with zero attached hydrogens (tertiary/aromatic N) is 5. The average molecular weight is 397 g/mol. The van der Waals surface area contributed by atoms with Crippen LogP contribution in [-0.2, 0) is 4.79 Å². The molecule has 3 N–H and O–H groups in total. The maximum Gasteiger partial charge on any atom is 0.263 e. The molecule has 0 spiro atoms. The lowest BCUT2D eigenvalue weighted by Crippen LogP contribution is -2.36. The Morgan fingerprint density at radius 2 is 2.03 bits per heavy atom. The highest BCUT2D eigenvalue weighted by Crippen LogP contribution is 2.33. The molecule has 0 atom stereocenters. The van der Waals surface area contributed by atoms with Crippen LogP contribution in [0.1, 0.15) is 41.6 Å². The molecule has 9 nitrogen and oxygen atoms in total. The lowest BCUT2D eigenvalue weighted by atomic mass is 9.89. The van der Waals surface area contributed by atoms with E-state index in [4.69, 9.17) is 5.73 Å². The fraction of sp³-hybridized carbons (Fsp3) is 0.316. The van der Waals surface area contributed by atoms with Crippen LogP contribution >= 0.6 is 0 Å². The Morgan fingerprint density at radius 3 is 2.76 bits per heavy atom. The highest BCUT2D eigenvalue weighted by Gasteiger charge is 2.26. The van der Waals surface area contributed by atoms with E-state index in [1.54, 1.807) is 19.3 Å². The van der Waals surface area contributed by atoms with Crippen LogP contribution in [0.25, 0.3) is 5.65 Å². The molecule has 2 amide bonds. The molecule has 3 aromatic rings. The molecule has 0 bridgehead atoms. The fourth-order valence-electron chi connectivity index (χ4n) is 3.70. The summed E-state index contributed by atoms with van der Waals surface area (Å²) in [6.45, 7) is 2.91. The van der Waals surface area contributed by atoms with Crippen molar-refractivity contribution in [2.75, 3.05) is 24.1 Å². The number of amides is 2. The minimum absolute atomic E-state index is 0.0409. The monoisotopic (exact) mass is 397 g/mol. The molecule has 1 saturated heterocycles. The third-order valence-corrected chi connectivity index (χ3v) is 5.18. The zero-order valence-electron chi connectivity index (χ0n) is 15.8. The molecule has 150 valence electrons. The number of pyridine rings is 1. The van der Waals surface area contributed by atoms with Crippen LogP contribution in [0.4, 0.5) is 15.9 Å². The van der Waals surface area contributed by atoms with Crippen LogP contribution in [0.5, 0.6) is 0 Å². The van der Waals surface area contributed by atoms with Gasteiger partial charge in [0.2, 0.25) is 5.91 Å². The molecule has 0 aliphatic carbocycles. The van der Waals surface area contributed by atoms with Gasteiger partial charge in [0, 0.05) is 26.2 Å². The van der Waals surface area contributed by atoms with Crippen LogP contribution in [0, 0.1) is 5.82 Å². The summed E-state index contributed by atoms with van der Waals surface area (Å²) in [7, 11) is 0. The predicted molar refractivity (Wildman–Crippen MR) is 104 cm³/mol.